The van der Waals surface area contributed by atoms with Gasteiger partial charge in [0.1, 0.15) is 12.3 Å². The van der Waals surface area contributed by atoms with E-state index in [0.717, 1.165) is 81.8 Å². The normalized spacial score (nSPS) is 16.8. The molecule has 2 aliphatic rings. The third-order valence-electron chi connectivity index (χ3n) is 7.00. The standard InChI is InChI=1S/C26H37FN4O5/c1-28-24(33)23(9-8-17-32)31-25(34)21-11-10-20(19-22(21)26(31)35)30-15-13-29(14-16-30)12-6-4-2-3-5-7-18-36-27/h10-11,17,19,23H,2-9,12-16,18H2,1H3,(H,28,33). The van der Waals surface area contributed by atoms with Crippen LogP contribution in [-0.2, 0) is 14.5 Å². The molecule has 3 amide bonds. The van der Waals surface area contributed by atoms with Gasteiger partial charge in [-0.3, -0.25) is 24.2 Å². The number of anilines is 1. The van der Waals surface area contributed by atoms with Crippen molar-refractivity contribution in [2.24, 2.45) is 0 Å². The van der Waals surface area contributed by atoms with Gasteiger partial charge in [-0.2, -0.15) is 4.94 Å². The van der Waals surface area contributed by atoms with Gasteiger partial charge in [-0.1, -0.05) is 25.7 Å². The molecule has 1 unspecified atom stereocenters. The summed E-state index contributed by atoms with van der Waals surface area (Å²) in [4.78, 5) is 58.6. The molecule has 3 rings (SSSR count). The number of hydrogen-bond donors (Lipinski definition) is 1. The van der Waals surface area contributed by atoms with E-state index >= 15 is 0 Å². The van der Waals surface area contributed by atoms with Gasteiger partial charge in [0.25, 0.3) is 11.8 Å². The molecule has 0 aromatic heterocycles. The Labute approximate surface area is 211 Å². The van der Waals surface area contributed by atoms with Gasteiger partial charge in [0, 0.05) is 45.3 Å². The molecule has 9 nitrogen and oxygen atoms in total. The Balaban J connectivity index is 1.52. The van der Waals surface area contributed by atoms with Crippen LogP contribution in [-0.4, -0.2) is 86.2 Å². The predicted molar refractivity (Wildman–Crippen MR) is 134 cm³/mol. The summed E-state index contributed by atoms with van der Waals surface area (Å²) < 4.78 is 11.6. The molecule has 1 aromatic rings. The van der Waals surface area contributed by atoms with Gasteiger partial charge in [-0.25, -0.2) is 0 Å². The van der Waals surface area contributed by atoms with Crippen LogP contribution in [0.15, 0.2) is 18.2 Å². The van der Waals surface area contributed by atoms with Crippen LogP contribution < -0.4 is 10.2 Å². The second-order valence-electron chi connectivity index (χ2n) is 9.35. The molecule has 1 saturated heterocycles. The van der Waals surface area contributed by atoms with Crippen molar-refractivity contribution in [2.45, 2.75) is 57.4 Å². The third kappa shape index (κ3) is 6.88. The molecule has 1 atom stereocenters. The maximum atomic E-state index is 13.2. The molecule has 36 heavy (non-hydrogen) atoms. The predicted octanol–water partition coefficient (Wildman–Crippen LogP) is 2.74. The molecule has 1 N–H and O–H groups in total. The number of carbonyl (C=O) groups is 4. The maximum absolute atomic E-state index is 13.2. The first-order chi connectivity index (χ1) is 17.5. The summed E-state index contributed by atoms with van der Waals surface area (Å²) in [6.45, 7) is 4.75. The highest BCUT2D eigenvalue weighted by Gasteiger charge is 2.42. The number of imide groups is 1. The average Bonchev–Trinajstić information content (AvgIpc) is 3.15. The van der Waals surface area contributed by atoms with E-state index < -0.39 is 23.8 Å². The molecule has 0 spiro atoms. The number of fused-ring (bicyclic) bond motifs is 1. The van der Waals surface area contributed by atoms with Crippen LogP contribution in [0.2, 0.25) is 0 Å². The lowest BCUT2D eigenvalue weighted by Crippen LogP contribution is -2.48. The molecular weight excluding hydrogens is 467 g/mol. The molecule has 0 saturated carbocycles. The largest absolute Gasteiger partial charge is 0.369 e. The van der Waals surface area contributed by atoms with E-state index in [1.54, 1.807) is 12.1 Å². The quantitative estimate of drug-likeness (QED) is 0.223. The lowest BCUT2D eigenvalue weighted by atomic mass is 10.1. The molecule has 1 aromatic carbocycles. The molecule has 198 valence electrons. The Morgan fingerprint density at radius 3 is 2.36 bits per heavy atom. The number of piperazine rings is 1. The summed E-state index contributed by atoms with van der Waals surface area (Å²) in [7, 11) is 1.44. The Morgan fingerprint density at radius 2 is 1.69 bits per heavy atom. The van der Waals surface area contributed by atoms with E-state index in [0.29, 0.717) is 17.4 Å². The highest BCUT2D eigenvalue weighted by atomic mass is 19.3. The Morgan fingerprint density at radius 1 is 1.03 bits per heavy atom. The molecule has 2 aliphatic heterocycles. The first kappa shape index (κ1) is 27.7. The molecule has 2 heterocycles. The number of carbonyl (C=O) groups excluding carboxylic acids is 4. The Kier molecular flexibility index (Phi) is 10.8. The first-order valence-corrected chi connectivity index (χ1v) is 12.9. The van der Waals surface area contributed by atoms with Crippen molar-refractivity contribution in [3.05, 3.63) is 29.3 Å². The van der Waals surface area contributed by atoms with E-state index in [1.165, 1.54) is 7.05 Å². The lowest BCUT2D eigenvalue weighted by molar-refractivity contribution is -0.133. The molecule has 0 radical (unpaired) electrons. The van der Waals surface area contributed by atoms with Gasteiger partial charge < -0.3 is 15.0 Å². The van der Waals surface area contributed by atoms with Crippen molar-refractivity contribution >= 4 is 29.7 Å². The summed E-state index contributed by atoms with van der Waals surface area (Å²) in [5, 5.41) is 2.49. The van der Waals surface area contributed by atoms with Gasteiger partial charge in [0.15, 0.2) is 0 Å². The maximum Gasteiger partial charge on any atom is 0.262 e. The average molecular weight is 505 g/mol. The Hall–Kier alpha value is -2.85. The van der Waals surface area contributed by atoms with Crippen LogP contribution >= 0.6 is 0 Å². The molecular formula is C26H37FN4O5. The van der Waals surface area contributed by atoms with Crippen LogP contribution in [0, 0.1) is 0 Å². The van der Waals surface area contributed by atoms with E-state index in [1.807, 2.05) is 6.07 Å². The van der Waals surface area contributed by atoms with Crippen molar-refractivity contribution in [3.63, 3.8) is 0 Å². The number of nitrogens with one attached hydrogen (secondary N) is 1. The van der Waals surface area contributed by atoms with Gasteiger partial charge >= 0.3 is 0 Å². The second kappa shape index (κ2) is 14.0. The fourth-order valence-corrected chi connectivity index (χ4v) is 4.93. The number of amides is 3. The van der Waals surface area contributed by atoms with Gasteiger partial charge in [-0.05, 0) is 48.5 Å². The van der Waals surface area contributed by atoms with E-state index in [4.69, 9.17) is 0 Å². The van der Waals surface area contributed by atoms with E-state index in [-0.39, 0.29) is 19.4 Å². The van der Waals surface area contributed by atoms with Crippen molar-refractivity contribution in [1.82, 2.24) is 15.1 Å². The SMILES string of the molecule is CNC(=O)C(CCC=O)N1C(=O)c2ccc(N3CCN(CCCCCCCCOF)CC3)cc2C1=O. The zero-order chi connectivity index (χ0) is 25.9. The smallest absolute Gasteiger partial charge is 0.262 e. The van der Waals surface area contributed by atoms with E-state index in [2.05, 4.69) is 20.1 Å². The van der Waals surface area contributed by atoms with Crippen LogP contribution in [0.4, 0.5) is 10.2 Å². The van der Waals surface area contributed by atoms with Gasteiger partial charge in [-0.15, -0.1) is 0 Å². The second-order valence-corrected chi connectivity index (χ2v) is 9.35. The summed E-state index contributed by atoms with van der Waals surface area (Å²) in [5.41, 5.74) is 1.48. The third-order valence-corrected chi connectivity index (χ3v) is 7.00. The number of hydrogen-bond acceptors (Lipinski definition) is 7. The van der Waals surface area contributed by atoms with Crippen LogP contribution in [0.3, 0.4) is 0 Å². The summed E-state index contributed by atoms with van der Waals surface area (Å²) >= 11 is 0. The van der Waals surface area contributed by atoms with E-state index in [9.17, 15) is 23.7 Å². The fourth-order valence-electron chi connectivity index (χ4n) is 4.93. The monoisotopic (exact) mass is 504 g/mol. The number of halogens is 1. The van der Waals surface area contributed by atoms with Crippen molar-refractivity contribution in [2.75, 3.05) is 51.3 Å². The number of likely N-dealkylation sites (N-methyl/N-ethyl adjacent to an activating group) is 1. The Bertz CT molecular complexity index is 920. The lowest BCUT2D eigenvalue weighted by Gasteiger charge is -2.36. The minimum absolute atomic E-state index is 0.0803. The number of nitrogens with zero attached hydrogens (tertiary/aromatic N) is 3. The number of unbranched alkanes of at least 4 members (excludes halogenated alkanes) is 5. The van der Waals surface area contributed by atoms with Crippen molar-refractivity contribution < 1.29 is 28.6 Å². The first-order valence-electron chi connectivity index (χ1n) is 12.9. The zero-order valence-electron chi connectivity index (χ0n) is 21.0. The highest BCUT2D eigenvalue weighted by molar-refractivity contribution is 6.23. The summed E-state index contributed by atoms with van der Waals surface area (Å²) in [6, 6.07) is 4.26. The minimum atomic E-state index is -1.01. The zero-order valence-corrected chi connectivity index (χ0v) is 21.0. The van der Waals surface area contributed by atoms with Crippen LogP contribution in [0.1, 0.15) is 72.1 Å². The minimum Gasteiger partial charge on any atom is -0.369 e. The molecule has 0 bridgehead atoms. The highest BCUT2D eigenvalue weighted by Crippen LogP contribution is 2.30. The van der Waals surface area contributed by atoms with Crippen molar-refractivity contribution in [3.8, 4) is 0 Å². The number of aldehydes is 1. The summed E-state index contributed by atoms with van der Waals surface area (Å²) in [6.07, 6.45) is 7.19. The fraction of sp³-hybridized carbons (Fsp3) is 0.615. The molecule has 1 fully saturated rings. The molecule has 10 heteroatoms. The van der Waals surface area contributed by atoms with Gasteiger partial charge in [0.05, 0.1) is 17.7 Å². The van der Waals surface area contributed by atoms with Crippen LogP contribution in [0.5, 0.6) is 0 Å². The van der Waals surface area contributed by atoms with Gasteiger partial charge in [0.2, 0.25) is 5.91 Å². The number of benzene rings is 1. The van der Waals surface area contributed by atoms with Crippen LogP contribution in [0.25, 0.3) is 0 Å². The van der Waals surface area contributed by atoms with Crippen molar-refractivity contribution in [1.29, 1.82) is 0 Å². The summed E-state index contributed by atoms with van der Waals surface area (Å²) in [5.74, 6) is -1.46. The molecule has 0 aliphatic carbocycles. The topological polar surface area (TPSA) is 99.3 Å². The number of rotatable bonds is 15.